The highest BCUT2D eigenvalue weighted by Crippen LogP contribution is 2.22. The second kappa shape index (κ2) is 5.46. The molecule has 0 aliphatic carbocycles. The Kier molecular flexibility index (Phi) is 4.47. The third kappa shape index (κ3) is 3.98. The molecule has 0 aliphatic heterocycles. The van der Waals surface area contributed by atoms with Crippen molar-refractivity contribution >= 4 is 17.7 Å². The summed E-state index contributed by atoms with van der Waals surface area (Å²) < 4.78 is 25.5. The van der Waals surface area contributed by atoms with Gasteiger partial charge < -0.3 is 11.5 Å². The van der Waals surface area contributed by atoms with Crippen LogP contribution in [0.3, 0.4) is 0 Å². The molecule has 0 heterocycles. The first kappa shape index (κ1) is 13.9. The Balaban J connectivity index is 2.51. The number of benzene rings is 1. The van der Waals surface area contributed by atoms with Gasteiger partial charge in [0.2, 0.25) is 5.91 Å². The van der Waals surface area contributed by atoms with Gasteiger partial charge in [-0.05, 0) is 31.5 Å². The Labute approximate surface area is 103 Å². The van der Waals surface area contributed by atoms with E-state index >= 15 is 0 Å². The molecule has 1 aromatic carbocycles. The first-order chi connectivity index (χ1) is 7.83. The summed E-state index contributed by atoms with van der Waals surface area (Å²) in [5.41, 5.74) is 9.69. The van der Waals surface area contributed by atoms with E-state index in [0.717, 1.165) is 12.1 Å². The smallest absolute Gasteiger partial charge is 0.237 e. The highest BCUT2D eigenvalue weighted by Gasteiger charge is 2.24. The van der Waals surface area contributed by atoms with E-state index in [0.29, 0.717) is 17.1 Å². The minimum Gasteiger partial charge on any atom is -0.368 e. The molecule has 0 spiro atoms. The lowest BCUT2D eigenvalue weighted by molar-refractivity contribution is -0.122. The zero-order valence-electron chi connectivity index (χ0n) is 9.37. The zero-order valence-corrected chi connectivity index (χ0v) is 10.2. The number of nitrogens with two attached hydrogens (primary N) is 2. The summed E-state index contributed by atoms with van der Waals surface area (Å²) >= 11 is 1.29. The molecule has 1 aromatic rings. The predicted octanol–water partition coefficient (Wildman–Crippen LogP) is 1.65. The molecule has 0 aromatic heterocycles. The van der Waals surface area contributed by atoms with E-state index in [-0.39, 0.29) is 0 Å². The van der Waals surface area contributed by atoms with E-state index < -0.39 is 23.1 Å². The normalized spacial score (nSPS) is 14.4. The van der Waals surface area contributed by atoms with Gasteiger partial charge >= 0.3 is 0 Å². The van der Waals surface area contributed by atoms with E-state index in [9.17, 15) is 13.6 Å². The molecule has 0 aliphatic rings. The lowest BCUT2D eigenvalue weighted by Gasteiger charge is -2.19. The molecule has 0 saturated carbocycles. The molecule has 94 valence electrons. The van der Waals surface area contributed by atoms with Gasteiger partial charge in [0, 0.05) is 10.6 Å². The van der Waals surface area contributed by atoms with Crippen LogP contribution in [0.5, 0.6) is 0 Å². The Morgan fingerprint density at radius 1 is 1.41 bits per heavy atom. The summed E-state index contributed by atoms with van der Waals surface area (Å²) in [6, 6.07) is 3.65. The van der Waals surface area contributed by atoms with E-state index in [4.69, 9.17) is 11.5 Å². The molecule has 0 fully saturated rings. The van der Waals surface area contributed by atoms with Crippen molar-refractivity contribution in [3.8, 4) is 0 Å². The fraction of sp³-hybridized carbons (Fsp3) is 0.364. The molecular weight excluding hydrogens is 246 g/mol. The summed E-state index contributed by atoms with van der Waals surface area (Å²) in [4.78, 5) is 11.5. The highest BCUT2D eigenvalue weighted by molar-refractivity contribution is 7.99. The summed E-state index contributed by atoms with van der Waals surface area (Å²) in [5, 5.41) is 0. The maximum atomic E-state index is 12.9. The number of amides is 1. The van der Waals surface area contributed by atoms with Crippen LogP contribution in [0.2, 0.25) is 0 Å². The van der Waals surface area contributed by atoms with Crippen molar-refractivity contribution in [2.24, 2.45) is 11.5 Å². The van der Waals surface area contributed by atoms with Crippen LogP contribution in [-0.2, 0) is 4.79 Å². The van der Waals surface area contributed by atoms with E-state index in [1.807, 2.05) is 0 Å². The van der Waals surface area contributed by atoms with Crippen LogP contribution < -0.4 is 11.5 Å². The van der Waals surface area contributed by atoms with Gasteiger partial charge in [-0.15, -0.1) is 11.8 Å². The Morgan fingerprint density at radius 2 is 2.06 bits per heavy atom. The van der Waals surface area contributed by atoms with Gasteiger partial charge in [-0.25, -0.2) is 8.78 Å². The quantitative estimate of drug-likeness (QED) is 0.791. The second-order valence-electron chi connectivity index (χ2n) is 3.96. The highest BCUT2D eigenvalue weighted by atomic mass is 32.2. The Hall–Kier alpha value is -1.14. The molecular formula is C11H14F2N2OS. The molecule has 4 N–H and O–H groups in total. The number of halogens is 2. The third-order valence-electron chi connectivity index (χ3n) is 2.34. The number of carbonyl (C=O) groups is 1. The number of primary amides is 1. The molecule has 0 saturated heterocycles. The van der Waals surface area contributed by atoms with E-state index in [2.05, 4.69) is 0 Å². The van der Waals surface area contributed by atoms with Crippen LogP contribution in [0.1, 0.15) is 13.3 Å². The van der Waals surface area contributed by atoms with Gasteiger partial charge in [-0.1, -0.05) is 0 Å². The van der Waals surface area contributed by atoms with Crippen LogP contribution in [0.25, 0.3) is 0 Å². The average molecular weight is 260 g/mol. The third-order valence-corrected chi connectivity index (χ3v) is 3.34. The molecule has 1 rings (SSSR count). The lowest BCUT2D eigenvalue weighted by atomic mass is 10.0. The molecule has 17 heavy (non-hydrogen) atoms. The van der Waals surface area contributed by atoms with Crippen molar-refractivity contribution < 1.29 is 13.6 Å². The zero-order chi connectivity index (χ0) is 13.1. The SMILES string of the molecule is CC(N)(CCSc1ccc(F)c(F)c1)C(N)=O. The number of hydrogen-bond acceptors (Lipinski definition) is 3. The molecule has 3 nitrogen and oxygen atoms in total. The monoisotopic (exact) mass is 260 g/mol. The molecule has 6 heteroatoms. The molecule has 1 amide bonds. The van der Waals surface area contributed by atoms with Crippen molar-refractivity contribution in [3.63, 3.8) is 0 Å². The molecule has 0 radical (unpaired) electrons. The summed E-state index contributed by atoms with van der Waals surface area (Å²) in [6.45, 7) is 1.54. The van der Waals surface area contributed by atoms with Gasteiger partial charge in [0.1, 0.15) is 0 Å². The maximum absolute atomic E-state index is 12.9. The van der Waals surface area contributed by atoms with Crippen molar-refractivity contribution in [2.45, 2.75) is 23.8 Å². The van der Waals surface area contributed by atoms with Crippen LogP contribution in [-0.4, -0.2) is 17.2 Å². The standard InChI is InChI=1S/C11H14F2N2OS/c1-11(15,10(14)16)4-5-17-7-2-3-8(12)9(13)6-7/h2-3,6H,4-5,15H2,1H3,(H2,14,16). The number of thioether (sulfide) groups is 1. The van der Waals surface area contributed by atoms with Crippen LogP contribution >= 0.6 is 11.8 Å². The van der Waals surface area contributed by atoms with Gasteiger partial charge in [-0.3, -0.25) is 4.79 Å². The van der Waals surface area contributed by atoms with E-state index in [1.165, 1.54) is 17.8 Å². The van der Waals surface area contributed by atoms with Crippen molar-refractivity contribution in [1.29, 1.82) is 0 Å². The van der Waals surface area contributed by atoms with Crippen LogP contribution in [0.15, 0.2) is 23.1 Å². The van der Waals surface area contributed by atoms with Gasteiger partial charge in [0.25, 0.3) is 0 Å². The minimum atomic E-state index is -1.08. The lowest BCUT2D eigenvalue weighted by Crippen LogP contribution is -2.49. The first-order valence-corrected chi connectivity index (χ1v) is 5.98. The topological polar surface area (TPSA) is 69.1 Å². The average Bonchev–Trinajstić information content (AvgIpc) is 2.23. The van der Waals surface area contributed by atoms with Gasteiger partial charge in [0.05, 0.1) is 5.54 Å². The Morgan fingerprint density at radius 3 is 2.59 bits per heavy atom. The molecule has 1 atom stereocenters. The van der Waals surface area contributed by atoms with Crippen molar-refractivity contribution in [2.75, 3.05) is 5.75 Å². The number of carbonyl (C=O) groups excluding carboxylic acids is 1. The van der Waals surface area contributed by atoms with Gasteiger partial charge in [-0.2, -0.15) is 0 Å². The number of hydrogen-bond donors (Lipinski definition) is 2. The fourth-order valence-corrected chi connectivity index (χ4v) is 2.18. The Bertz CT molecular complexity index is 424. The van der Waals surface area contributed by atoms with Crippen LogP contribution in [0.4, 0.5) is 8.78 Å². The fourth-order valence-electron chi connectivity index (χ4n) is 1.07. The largest absolute Gasteiger partial charge is 0.368 e. The van der Waals surface area contributed by atoms with Crippen molar-refractivity contribution in [1.82, 2.24) is 0 Å². The molecule has 1 unspecified atom stereocenters. The molecule has 0 bridgehead atoms. The summed E-state index contributed by atoms with van der Waals surface area (Å²) in [5.74, 6) is -1.85. The first-order valence-electron chi connectivity index (χ1n) is 4.99. The van der Waals surface area contributed by atoms with E-state index in [1.54, 1.807) is 6.92 Å². The van der Waals surface area contributed by atoms with Gasteiger partial charge in [0.15, 0.2) is 11.6 Å². The maximum Gasteiger partial charge on any atom is 0.237 e. The summed E-state index contributed by atoms with van der Waals surface area (Å²) in [7, 11) is 0. The second-order valence-corrected chi connectivity index (χ2v) is 5.12. The summed E-state index contributed by atoms with van der Waals surface area (Å²) in [6.07, 6.45) is 0.367. The minimum absolute atomic E-state index is 0.367. The van der Waals surface area contributed by atoms with Crippen LogP contribution in [0, 0.1) is 11.6 Å². The van der Waals surface area contributed by atoms with Crippen molar-refractivity contribution in [3.05, 3.63) is 29.8 Å². The number of rotatable bonds is 5. The predicted molar refractivity (Wildman–Crippen MR) is 63.5 cm³/mol.